The van der Waals surface area contributed by atoms with E-state index in [0.29, 0.717) is 11.7 Å². The maximum atomic E-state index is 11.9. The molecule has 0 aromatic carbocycles. The molecule has 0 spiro atoms. The van der Waals surface area contributed by atoms with Crippen LogP contribution >= 0.6 is 23.6 Å². The van der Waals surface area contributed by atoms with Crippen LogP contribution in [0.15, 0.2) is 41.9 Å². The first-order valence-corrected chi connectivity index (χ1v) is 8.66. The summed E-state index contributed by atoms with van der Waals surface area (Å²) in [5.41, 5.74) is 0.902. The topological polar surface area (TPSA) is 54.5 Å². The first-order chi connectivity index (χ1) is 11.2. The van der Waals surface area contributed by atoms with E-state index in [2.05, 4.69) is 16.4 Å². The predicted octanol–water partition coefficient (Wildman–Crippen LogP) is 2.68. The number of esters is 1. The van der Waals surface area contributed by atoms with Gasteiger partial charge in [-0.1, -0.05) is 12.1 Å². The van der Waals surface area contributed by atoms with E-state index >= 15 is 0 Å². The van der Waals surface area contributed by atoms with Crippen molar-refractivity contribution in [2.75, 3.05) is 13.2 Å². The number of ether oxygens (including phenoxy) is 1. The van der Waals surface area contributed by atoms with Crippen LogP contribution in [0.25, 0.3) is 0 Å². The summed E-state index contributed by atoms with van der Waals surface area (Å²) in [6.45, 7) is 2.29. The molecule has 0 unspecified atom stereocenters. The van der Waals surface area contributed by atoms with Gasteiger partial charge in [0.1, 0.15) is 6.54 Å². The molecule has 1 N–H and O–H groups in total. The van der Waals surface area contributed by atoms with E-state index in [9.17, 15) is 4.79 Å². The van der Waals surface area contributed by atoms with Crippen LogP contribution in [0.3, 0.4) is 0 Å². The molecule has 23 heavy (non-hydrogen) atoms. The average Bonchev–Trinajstić information content (AvgIpc) is 3.17. The Morgan fingerprint density at radius 3 is 2.96 bits per heavy atom. The molecule has 5 nitrogen and oxygen atoms in total. The summed E-state index contributed by atoms with van der Waals surface area (Å²) >= 11 is 7.10. The van der Waals surface area contributed by atoms with Gasteiger partial charge in [-0.3, -0.25) is 9.78 Å². The van der Waals surface area contributed by atoms with Gasteiger partial charge in [0.05, 0.1) is 24.4 Å². The Hall–Kier alpha value is -1.99. The molecule has 0 aliphatic carbocycles. The van der Waals surface area contributed by atoms with Gasteiger partial charge in [-0.15, -0.1) is 11.3 Å². The minimum absolute atomic E-state index is 0.0678. The second-order valence-corrected chi connectivity index (χ2v) is 6.44. The van der Waals surface area contributed by atoms with Crippen LogP contribution < -0.4 is 5.32 Å². The van der Waals surface area contributed by atoms with Crippen molar-refractivity contribution in [3.8, 4) is 0 Å². The summed E-state index contributed by atoms with van der Waals surface area (Å²) in [6.07, 6.45) is 1.76. The zero-order valence-corrected chi connectivity index (χ0v) is 14.3. The molecule has 3 rings (SSSR count). The molecule has 2 aromatic heterocycles. The third-order valence-electron chi connectivity index (χ3n) is 3.64. The minimum atomic E-state index is -0.278. The molecule has 0 amide bonds. The monoisotopic (exact) mass is 347 g/mol. The van der Waals surface area contributed by atoms with Crippen LogP contribution in [-0.2, 0) is 9.53 Å². The Labute approximate surface area is 144 Å². The highest BCUT2D eigenvalue weighted by Crippen LogP contribution is 2.40. The molecule has 1 aliphatic heterocycles. The number of nitrogens with one attached hydrogen (secondary N) is 1. The highest BCUT2D eigenvalue weighted by Gasteiger charge is 2.41. The third-order valence-corrected chi connectivity index (χ3v) is 4.93. The molecule has 1 saturated heterocycles. The van der Waals surface area contributed by atoms with Gasteiger partial charge < -0.3 is 15.0 Å². The van der Waals surface area contributed by atoms with Crippen molar-refractivity contribution < 1.29 is 9.53 Å². The summed E-state index contributed by atoms with van der Waals surface area (Å²) in [5, 5.41) is 5.87. The zero-order chi connectivity index (χ0) is 16.2. The lowest BCUT2D eigenvalue weighted by atomic mass is 10.0. The minimum Gasteiger partial charge on any atom is -0.465 e. The van der Waals surface area contributed by atoms with Gasteiger partial charge in [0.2, 0.25) is 0 Å². The summed E-state index contributed by atoms with van der Waals surface area (Å²) in [6, 6.07) is 9.70. The van der Waals surface area contributed by atoms with Crippen LogP contribution in [0.4, 0.5) is 0 Å². The summed E-state index contributed by atoms with van der Waals surface area (Å²) in [7, 11) is 0. The number of carbonyl (C=O) groups is 1. The molecule has 0 bridgehead atoms. The highest BCUT2D eigenvalue weighted by molar-refractivity contribution is 7.80. The Kier molecular flexibility index (Phi) is 4.88. The summed E-state index contributed by atoms with van der Waals surface area (Å²) < 4.78 is 5.08. The van der Waals surface area contributed by atoms with Crippen LogP contribution in [0.5, 0.6) is 0 Å². The van der Waals surface area contributed by atoms with E-state index in [1.807, 2.05) is 34.5 Å². The molecular formula is C16H17N3O2S2. The van der Waals surface area contributed by atoms with E-state index < -0.39 is 0 Å². The quantitative estimate of drug-likeness (QED) is 0.663. The lowest BCUT2D eigenvalue weighted by Crippen LogP contribution is -2.35. The predicted molar refractivity (Wildman–Crippen MR) is 93.1 cm³/mol. The first kappa shape index (κ1) is 15.9. The number of nitrogens with zero attached hydrogens (tertiary/aromatic N) is 2. The Bertz CT molecular complexity index is 676. The Balaban J connectivity index is 1.92. The van der Waals surface area contributed by atoms with Gasteiger partial charge in [0.15, 0.2) is 5.11 Å². The van der Waals surface area contributed by atoms with Gasteiger partial charge in [-0.2, -0.15) is 0 Å². The standard InChI is InChI=1S/C16H17N3O2S2/c1-2-21-13(20)10-19-15(12-7-5-9-23-12)14(18-16(19)22)11-6-3-4-8-17-11/h3-9,14-15H,2,10H2,1H3,(H,18,22)/t14-,15-/m0/s1. The molecular weight excluding hydrogens is 330 g/mol. The molecule has 7 heteroatoms. The largest absolute Gasteiger partial charge is 0.465 e. The van der Waals surface area contributed by atoms with E-state index in [1.54, 1.807) is 24.5 Å². The SMILES string of the molecule is CCOC(=O)CN1C(=S)N[C@@H](c2ccccn2)[C@@H]1c1cccs1. The van der Waals surface area contributed by atoms with Crippen LogP contribution in [0.1, 0.15) is 29.6 Å². The number of aromatic nitrogens is 1. The van der Waals surface area contributed by atoms with Crippen molar-refractivity contribution in [1.82, 2.24) is 15.2 Å². The number of hydrogen-bond acceptors (Lipinski definition) is 5. The van der Waals surface area contributed by atoms with Crippen molar-refractivity contribution in [3.05, 3.63) is 52.5 Å². The Morgan fingerprint density at radius 2 is 2.30 bits per heavy atom. The average molecular weight is 347 g/mol. The number of rotatable bonds is 5. The fourth-order valence-electron chi connectivity index (χ4n) is 2.69. The molecule has 1 aliphatic rings. The van der Waals surface area contributed by atoms with Crippen LogP contribution in [-0.4, -0.2) is 34.1 Å². The highest BCUT2D eigenvalue weighted by atomic mass is 32.1. The van der Waals surface area contributed by atoms with Crippen LogP contribution in [0, 0.1) is 0 Å². The molecule has 3 heterocycles. The normalized spacial score (nSPS) is 20.4. The Morgan fingerprint density at radius 1 is 1.43 bits per heavy atom. The second kappa shape index (κ2) is 7.06. The van der Waals surface area contributed by atoms with Crippen molar-refractivity contribution in [2.45, 2.75) is 19.0 Å². The van der Waals surface area contributed by atoms with E-state index in [4.69, 9.17) is 17.0 Å². The molecule has 2 aromatic rings. The van der Waals surface area contributed by atoms with Gasteiger partial charge in [-0.25, -0.2) is 0 Å². The summed E-state index contributed by atoms with van der Waals surface area (Å²) in [5.74, 6) is -0.278. The van der Waals surface area contributed by atoms with Gasteiger partial charge >= 0.3 is 5.97 Å². The fourth-order valence-corrected chi connectivity index (χ4v) is 3.87. The van der Waals surface area contributed by atoms with Gasteiger partial charge in [0.25, 0.3) is 0 Å². The van der Waals surface area contributed by atoms with Crippen molar-refractivity contribution in [2.24, 2.45) is 0 Å². The maximum absolute atomic E-state index is 11.9. The van der Waals surface area contributed by atoms with Gasteiger partial charge in [-0.05, 0) is 42.7 Å². The summed E-state index contributed by atoms with van der Waals surface area (Å²) in [4.78, 5) is 19.4. The number of pyridine rings is 1. The number of hydrogen-bond donors (Lipinski definition) is 1. The maximum Gasteiger partial charge on any atom is 0.325 e. The second-order valence-electron chi connectivity index (χ2n) is 5.07. The molecule has 1 fully saturated rings. The van der Waals surface area contributed by atoms with E-state index in [0.717, 1.165) is 10.6 Å². The first-order valence-electron chi connectivity index (χ1n) is 7.37. The molecule has 0 radical (unpaired) electrons. The number of thiophene rings is 1. The number of carbonyl (C=O) groups excluding carboxylic acids is 1. The molecule has 120 valence electrons. The lowest BCUT2D eigenvalue weighted by molar-refractivity contribution is -0.143. The van der Waals surface area contributed by atoms with Gasteiger partial charge in [0, 0.05) is 11.1 Å². The number of thiocarbonyl (C=S) groups is 1. The van der Waals surface area contributed by atoms with E-state index in [1.165, 1.54) is 0 Å². The fraction of sp³-hybridized carbons (Fsp3) is 0.312. The molecule has 2 atom stereocenters. The zero-order valence-electron chi connectivity index (χ0n) is 12.6. The smallest absolute Gasteiger partial charge is 0.325 e. The van der Waals surface area contributed by atoms with Crippen molar-refractivity contribution >= 4 is 34.6 Å². The van der Waals surface area contributed by atoms with Crippen molar-refractivity contribution in [1.29, 1.82) is 0 Å². The third kappa shape index (κ3) is 3.35. The van der Waals surface area contributed by atoms with Crippen LogP contribution in [0.2, 0.25) is 0 Å². The molecule has 0 saturated carbocycles. The van der Waals surface area contributed by atoms with E-state index in [-0.39, 0.29) is 24.6 Å². The lowest BCUT2D eigenvalue weighted by Gasteiger charge is -2.25. The van der Waals surface area contributed by atoms with Crippen molar-refractivity contribution in [3.63, 3.8) is 0 Å².